The van der Waals surface area contributed by atoms with Crippen molar-refractivity contribution in [2.75, 3.05) is 27.4 Å². The monoisotopic (exact) mass is 291 g/mol. The lowest BCUT2D eigenvalue weighted by atomic mass is 9.85. The van der Waals surface area contributed by atoms with Crippen LogP contribution in [0.1, 0.15) is 37.4 Å². The smallest absolute Gasteiger partial charge is 0.124 e. The van der Waals surface area contributed by atoms with Crippen LogP contribution in [0.15, 0.2) is 18.2 Å². The molecule has 4 nitrogen and oxygen atoms in total. The van der Waals surface area contributed by atoms with Gasteiger partial charge < -0.3 is 19.5 Å². The number of rotatable bonds is 3. The topological polar surface area (TPSA) is 39.7 Å². The Labute approximate surface area is 126 Å². The maximum Gasteiger partial charge on any atom is 0.124 e. The molecule has 0 amide bonds. The van der Waals surface area contributed by atoms with Crippen LogP contribution in [-0.2, 0) is 4.74 Å². The highest BCUT2D eigenvalue weighted by molar-refractivity contribution is 5.42. The third kappa shape index (κ3) is 3.16. The lowest BCUT2D eigenvalue weighted by Gasteiger charge is -2.29. The van der Waals surface area contributed by atoms with Crippen molar-refractivity contribution >= 4 is 0 Å². The van der Waals surface area contributed by atoms with E-state index < -0.39 is 0 Å². The molecule has 1 aliphatic carbocycles. The number of ether oxygens (including phenoxy) is 3. The van der Waals surface area contributed by atoms with Crippen molar-refractivity contribution in [3.8, 4) is 11.5 Å². The lowest BCUT2D eigenvalue weighted by Crippen LogP contribution is -2.38. The van der Waals surface area contributed by atoms with E-state index in [0.29, 0.717) is 12.0 Å². The van der Waals surface area contributed by atoms with Gasteiger partial charge in [0.1, 0.15) is 11.5 Å². The molecule has 2 fully saturated rings. The fraction of sp³-hybridized carbons (Fsp3) is 0.647. The van der Waals surface area contributed by atoms with Gasteiger partial charge in [-0.3, -0.25) is 0 Å². The average Bonchev–Trinajstić information content (AvgIpc) is 2.77. The minimum absolute atomic E-state index is 0.0284. The first kappa shape index (κ1) is 14.7. The van der Waals surface area contributed by atoms with Gasteiger partial charge in [-0.15, -0.1) is 0 Å². The van der Waals surface area contributed by atoms with E-state index in [-0.39, 0.29) is 6.10 Å². The predicted molar refractivity (Wildman–Crippen MR) is 82.0 cm³/mol. The highest BCUT2D eigenvalue weighted by atomic mass is 16.5. The molecule has 2 aliphatic rings. The molecule has 0 bridgehead atoms. The molecule has 116 valence electrons. The van der Waals surface area contributed by atoms with Crippen LogP contribution in [0.4, 0.5) is 0 Å². The van der Waals surface area contributed by atoms with Crippen LogP contribution in [0.2, 0.25) is 0 Å². The zero-order valence-electron chi connectivity index (χ0n) is 12.9. The Morgan fingerprint density at radius 2 is 2.00 bits per heavy atom. The first-order chi connectivity index (χ1) is 10.3. The van der Waals surface area contributed by atoms with Crippen molar-refractivity contribution in [3.63, 3.8) is 0 Å². The second kappa shape index (κ2) is 6.67. The first-order valence-corrected chi connectivity index (χ1v) is 7.88. The largest absolute Gasteiger partial charge is 0.497 e. The van der Waals surface area contributed by atoms with Gasteiger partial charge in [-0.2, -0.15) is 0 Å². The standard InChI is InChI=1S/C17H25NO3/c1-19-13-7-8-16(20-2)14(9-13)17-10-18-15-6-4-3-5-12(15)11-21-17/h7-9,12,15,17-18H,3-6,10-11H2,1-2H3. The quantitative estimate of drug-likeness (QED) is 0.929. The number of nitrogens with one attached hydrogen (secondary N) is 1. The summed E-state index contributed by atoms with van der Waals surface area (Å²) in [6.07, 6.45) is 5.25. The molecule has 1 aromatic rings. The van der Waals surface area contributed by atoms with Gasteiger partial charge in [0, 0.05) is 18.2 Å². The Hall–Kier alpha value is -1.26. The Kier molecular flexibility index (Phi) is 4.66. The molecule has 3 atom stereocenters. The summed E-state index contributed by atoms with van der Waals surface area (Å²) in [5.41, 5.74) is 1.07. The number of hydrogen-bond acceptors (Lipinski definition) is 4. The van der Waals surface area contributed by atoms with Gasteiger partial charge in [-0.25, -0.2) is 0 Å². The molecule has 3 unspecified atom stereocenters. The summed E-state index contributed by atoms with van der Waals surface area (Å²) < 4.78 is 17.0. The Balaban J connectivity index is 1.79. The Bertz CT molecular complexity index is 461. The second-order valence-corrected chi connectivity index (χ2v) is 5.99. The summed E-state index contributed by atoms with van der Waals surface area (Å²) in [5, 5.41) is 3.70. The average molecular weight is 291 g/mol. The molecule has 0 aromatic heterocycles. The van der Waals surface area contributed by atoms with Crippen LogP contribution in [0.5, 0.6) is 11.5 Å². The summed E-state index contributed by atoms with van der Waals surface area (Å²) in [5.74, 6) is 2.36. The van der Waals surface area contributed by atoms with E-state index in [2.05, 4.69) is 5.32 Å². The van der Waals surface area contributed by atoms with E-state index in [0.717, 1.165) is 30.2 Å². The Morgan fingerprint density at radius 1 is 1.14 bits per heavy atom. The van der Waals surface area contributed by atoms with E-state index in [1.807, 2.05) is 18.2 Å². The number of hydrogen-bond donors (Lipinski definition) is 1. The predicted octanol–water partition coefficient (Wildman–Crippen LogP) is 2.92. The summed E-state index contributed by atoms with van der Waals surface area (Å²) in [6, 6.07) is 6.52. The van der Waals surface area contributed by atoms with E-state index in [9.17, 15) is 0 Å². The zero-order valence-corrected chi connectivity index (χ0v) is 12.9. The lowest BCUT2D eigenvalue weighted by molar-refractivity contribution is 0.0387. The third-order valence-corrected chi connectivity index (χ3v) is 4.77. The van der Waals surface area contributed by atoms with Gasteiger partial charge in [0.05, 0.1) is 26.9 Å². The third-order valence-electron chi connectivity index (χ3n) is 4.77. The molecule has 1 aromatic carbocycles. The molecule has 0 spiro atoms. The first-order valence-electron chi connectivity index (χ1n) is 7.88. The van der Waals surface area contributed by atoms with Crippen molar-refractivity contribution in [2.24, 2.45) is 5.92 Å². The summed E-state index contributed by atoms with van der Waals surface area (Å²) in [7, 11) is 3.39. The minimum Gasteiger partial charge on any atom is -0.497 e. The normalized spacial score (nSPS) is 29.3. The van der Waals surface area contributed by atoms with Gasteiger partial charge in [-0.05, 0) is 37.0 Å². The molecule has 1 heterocycles. The van der Waals surface area contributed by atoms with Crippen LogP contribution in [-0.4, -0.2) is 33.4 Å². The minimum atomic E-state index is 0.0284. The number of fused-ring (bicyclic) bond motifs is 1. The van der Waals surface area contributed by atoms with Crippen molar-refractivity contribution in [2.45, 2.75) is 37.8 Å². The van der Waals surface area contributed by atoms with Gasteiger partial charge in [0.25, 0.3) is 0 Å². The second-order valence-electron chi connectivity index (χ2n) is 5.99. The van der Waals surface area contributed by atoms with Gasteiger partial charge in [0.2, 0.25) is 0 Å². The SMILES string of the molecule is COc1ccc(OC)c(C2CNC3CCCCC3CO2)c1. The van der Waals surface area contributed by atoms with E-state index in [1.54, 1.807) is 14.2 Å². The number of benzene rings is 1. The molecule has 1 aliphatic heterocycles. The molecule has 21 heavy (non-hydrogen) atoms. The highest BCUT2D eigenvalue weighted by Crippen LogP contribution is 2.35. The molecule has 3 rings (SSSR count). The van der Waals surface area contributed by atoms with Gasteiger partial charge >= 0.3 is 0 Å². The van der Waals surface area contributed by atoms with Crippen molar-refractivity contribution in [3.05, 3.63) is 23.8 Å². The Morgan fingerprint density at radius 3 is 2.81 bits per heavy atom. The van der Waals surface area contributed by atoms with E-state index in [4.69, 9.17) is 14.2 Å². The summed E-state index contributed by atoms with van der Waals surface area (Å²) in [6.45, 7) is 1.67. The molecular formula is C17H25NO3. The van der Waals surface area contributed by atoms with Gasteiger partial charge in [-0.1, -0.05) is 12.8 Å². The zero-order chi connectivity index (χ0) is 14.7. The maximum absolute atomic E-state index is 6.20. The molecule has 1 N–H and O–H groups in total. The molecule has 1 saturated heterocycles. The number of methoxy groups -OCH3 is 2. The fourth-order valence-corrected chi connectivity index (χ4v) is 3.52. The summed E-state index contributed by atoms with van der Waals surface area (Å²) >= 11 is 0. The van der Waals surface area contributed by atoms with Crippen LogP contribution < -0.4 is 14.8 Å². The highest BCUT2D eigenvalue weighted by Gasteiger charge is 2.31. The summed E-state index contributed by atoms with van der Waals surface area (Å²) in [4.78, 5) is 0. The van der Waals surface area contributed by atoms with Crippen LogP contribution in [0, 0.1) is 5.92 Å². The fourth-order valence-electron chi connectivity index (χ4n) is 3.52. The molecular weight excluding hydrogens is 266 g/mol. The van der Waals surface area contributed by atoms with Crippen molar-refractivity contribution in [1.29, 1.82) is 0 Å². The van der Waals surface area contributed by atoms with E-state index >= 15 is 0 Å². The molecule has 4 heteroatoms. The molecule has 1 saturated carbocycles. The van der Waals surface area contributed by atoms with Crippen LogP contribution in [0.25, 0.3) is 0 Å². The maximum atomic E-state index is 6.20. The molecule has 0 radical (unpaired) electrons. The van der Waals surface area contributed by atoms with Crippen LogP contribution in [0.3, 0.4) is 0 Å². The van der Waals surface area contributed by atoms with Crippen molar-refractivity contribution < 1.29 is 14.2 Å². The van der Waals surface area contributed by atoms with E-state index in [1.165, 1.54) is 25.7 Å². The van der Waals surface area contributed by atoms with Gasteiger partial charge in [0.15, 0.2) is 0 Å². The van der Waals surface area contributed by atoms with Crippen molar-refractivity contribution in [1.82, 2.24) is 5.32 Å². The van der Waals surface area contributed by atoms with Crippen LogP contribution >= 0.6 is 0 Å².